The van der Waals surface area contributed by atoms with Crippen LogP contribution in [0.15, 0.2) is 59.5 Å². The molecule has 2 aromatic carbocycles. The molecule has 1 heterocycles. The zero-order chi connectivity index (χ0) is 20.9. The number of unbranched alkanes of at least 4 members (excludes halogenated alkanes) is 2. The number of benzene rings is 2. The Kier molecular flexibility index (Phi) is 7.23. The molecule has 0 saturated carbocycles. The maximum Gasteiger partial charge on any atom is 0.335 e. The van der Waals surface area contributed by atoms with Crippen LogP contribution in [0.4, 0.5) is 0 Å². The minimum atomic E-state index is -0.877. The Hall–Kier alpha value is -2.00. The monoisotopic (exact) mass is 408 g/mol. The maximum atomic E-state index is 11.1. The van der Waals surface area contributed by atoms with Crippen molar-refractivity contribution in [2.45, 2.75) is 68.4 Å². The van der Waals surface area contributed by atoms with E-state index in [9.17, 15) is 4.79 Å². The van der Waals surface area contributed by atoms with Gasteiger partial charge in [0.15, 0.2) is 0 Å². The predicted molar refractivity (Wildman–Crippen MR) is 124 cm³/mol. The molecule has 1 N–H and O–H groups in total. The van der Waals surface area contributed by atoms with Gasteiger partial charge in [-0.3, -0.25) is 0 Å². The summed E-state index contributed by atoms with van der Waals surface area (Å²) in [5, 5.41) is 9.65. The summed E-state index contributed by atoms with van der Waals surface area (Å²) in [7, 11) is 0. The highest BCUT2D eigenvalue weighted by Gasteiger charge is 2.35. The van der Waals surface area contributed by atoms with Crippen LogP contribution in [0.25, 0.3) is 6.08 Å². The third-order valence-electron chi connectivity index (χ3n) is 5.92. The summed E-state index contributed by atoms with van der Waals surface area (Å²) >= 11 is 2.04. The van der Waals surface area contributed by atoms with Crippen molar-refractivity contribution in [3.63, 3.8) is 0 Å². The summed E-state index contributed by atoms with van der Waals surface area (Å²) in [4.78, 5) is 12.5. The normalized spacial score (nSPS) is 19.1. The molecule has 0 aromatic heterocycles. The smallest absolute Gasteiger partial charge is 0.335 e. The fraction of sp³-hybridized carbons (Fsp3) is 0.423. The Balaban J connectivity index is 1.80. The lowest BCUT2D eigenvalue weighted by Gasteiger charge is -2.39. The molecular formula is C26H32O2S. The summed E-state index contributed by atoms with van der Waals surface area (Å²) < 4.78 is 0. The first kappa shape index (κ1) is 21.7. The number of carboxylic acids is 1. The minimum Gasteiger partial charge on any atom is -0.478 e. The molecule has 0 bridgehead atoms. The molecule has 1 aliphatic heterocycles. The number of fused-ring (bicyclic) bond motifs is 1. The fourth-order valence-electron chi connectivity index (χ4n) is 4.19. The molecule has 3 heteroatoms. The van der Waals surface area contributed by atoms with Gasteiger partial charge in [0.25, 0.3) is 0 Å². The van der Waals surface area contributed by atoms with Crippen molar-refractivity contribution >= 4 is 23.8 Å². The summed E-state index contributed by atoms with van der Waals surface area (Å²) in [5.41, 5.74) is 3.06. The van der Waals surface area contributed by atoms with Crippen LogP contribution in [-0.2, 0) is 5.41 Å². The second kappa shape index (κ2) is 9.67. The summed E-state index contributed by atoms with van der Waals surface area (Å²) in [6.07, 6.45) is 10.7. The van der Waals surface area contributed by atoms with Gasteiger partial charge < -0.3 is 5.11 Å². The first-order valence-corrected chi connectivity index (χ1v) is 11.6. The van der Waals surface area contributed by atoms with Crippen LogP contribution < -0.4 is 0 Å². The lowest BCUT2D eigenvalue weighted by atomic mass is 9.77. The minimum absolute atomic E-state index is 0.187. The van der Waals surface area contributed by atoms with Gasteiger partial charge in [0.1, 0.15) is 0 Å². The first-order chi connectivity index (χ1) is 13.9. The van der Waals surface area contributed by atoms with Gasteiger partial charge in [0.05, 0.1) is 5.56 Å². The number of carboxylic acid groups (broad SMARTS) is 1. The molecule has 0 amide bonds. The SMILES string of the molecule is CCCCCC(C=Cc1ccc(C(=O)O)cc1)C1CC(C)(C)c2ccccc2S1. The molecule has 0 saturated heterocycles. The van der Waals surface area contributed by atoms with Crippen molar-refractivity contribution in [2.24, 2.45) is 5.92 Å². The fourth-order valence-corrected chi connectivity index (χ4v) is 6.05. The molecule has 2 unspecified atom stereocenters. The van der Waals surface area contributed by atoms with Crippen LogP contribution in [-0.4, -0.2) is 16.3 Å². The van der Waals surface area contributed by atoms with Gasteiger partial charge in [0, 0.05) is 10.1 Å². The number of rotatable bonds is 8. The average molecular weight is 409 g/mol. The highest BCUT2D eigenvalue weighted by atomic mass is 32.2. The van der Waals surface area contributed by atoms with E-state index in [-0.39, 0.29) is 5.41 Å². The van der Waals surface area contributed by atoms with Crippen molar-refractivity contribution in [3.8, 4) is 0 Å². The third-order valence-corrected chi connectivity index (χ3v) is 7.35. The standard InChI is InChI=1S/C26H32O2S/c1-4-5-6-9-20(15-12-19-13-16-21(17-14-19)25(27)28)24-18-26(2,3)22-10-7-8-11-23(22)29-24/h7-8,10-17,20,24H,4-6,9,18H2,1-3H3,(H,27,28). The van der Waals surface area contributed by atoms with Crippen LogP contribution in [0, 0.1) is 5.92 Å². The van der Waals surface area contributed by atoms with Crippen LogP contribution in [0.5, 0.6) is 0 Å². The van der Waals surface area contributed by atoms with Crippen molar-refractivity contribution in [1.29, 1.82) is 0 Å². The van der Waals surface area contributed by atoms with E-state index in [2.05, 4.69) is 57.2 Å². The van der Waals surface area contributed by atoms with Gasteiger partial charge in [-0.25, -0.2) is 4.79 Å². The van der Waals surface area contributed by atoms with E-state index in [0.29, 0.717) is 16.7 Å². The number of allylic oxidation sites excluding steroid dienone is 1. The Morgan fingerprint density at radius 3 is 2.59 bits per heavy atom. The molecule has 2 atom stereocenters. The number of hydrogen-bond acceptors (Lipinski definition) is 2. The van der Waals surface area contributed by atoms with Crippen molar-refractivity contribution in [1.82, 2.24) is 0 Å². The van der Waals surface area contributed by atoms with Crippen LogP contribution >= 0.6 is 11.8 Å². The third kappa shape index (κ3) is 5.54. The molecule has 0 radical (unpaired) electrons. The second-order valence-corrected chi connectivity index (χ2v) is 9.97. The first-order valence-electron chi connectivity index (χ1n) is 10.7. The second-order valence-electron chi connectivity index (χ2n) is 8.69. The van der Waals surface area contributed by atoms with Crippen molar-refractivity contribution in [3.05, 3.63) is 71.3 Å². The highest BCUT2D eigenvalue weighted by molar-refractivity contribution is 8.00. The number of aromatic carboxylic acids is 1. The average Bonchev–Trinajstić information content (AvgIpc) is 2.70. The van der Waals surface area contributed by atoms with E-state index in [1.165, 1.54) is 42.6 Å². The summed E-state index contributed by atoms with van der Waals surface area (Å²) in [6, 6.07) is 16.0. The van der Waals surface area contributed by atoms with Crippen LogP contribution in [0.1, 0.15) is 74.4 Å². The Bertz CT molecular complexity index is 851. The van der Waals surface area contributed by atoms with E-state index in [1.54, 1.807) is 12.1 Å². The van der Waals surface area contributed by atoms with Gasteiger partial charge in [-0.05, 0) is 53.5 Å². The van der Waals surface area contributed by atoms with E-state index >= 15 is 0 Å². The van der Waals surface area contributed by atoms with E-state index in [0.717, 1.165) is 5.56 Å². The number of carbonyl (C=O) groups is 1. The molecule has 2 nitrogen and oxygen atoms in total. The van der Waals surface area contributed by atoms with Gasteiger partial charge in [0.2, 0.25) is 0 Å². The van der Waals surface area contributed by atoms with E-state index < -0.39 is 5.97 Å². The molecule has 0 spiro atoms. The topological polar surface area (TPSA) is 37.3 Å². The van der Waals surface area contributed by atoms with Crippen LogP contribution in [0.2, 0.25) is 0 Å². The molecule has 3 rings (SSSR count). The molecule has 0 fully saturated rings. The van der Waals surface area contributed by atoms with Crippen molar-refractivity contribution in [2.75, 3.05) is 0 Å². The van der Waals surface area contributed by atoms with Gasteiger partial charge >= 0.3 is 5.97 Å². The maximum absolute atomic E-state index is 11.1. The summed E-state index contributed by atoms with van der Waals surface area (Å²) in [5.74, 6) is -0.365. The Morgan fingerprint density at radius 1 is 1.17 bits per heavy atom. The highest BCUT2D eigenvalue weighted by Crippen LogP contribution is 2.48. The predicted octanol–water partition coefficient (Wildman–Crippen LogP) is 7.44. The number of hydrogen-bond donors (Lipinski definition) is 1. The quantitative estimate of drug-likeness (QED) is 0.461. The molecule has 1 aliphatic rings. The van der Waals surface area contributed by atoms with Crippen LogP contribution in [0.3, 0.4) is 0 Å². The van der Waals surface area contributed by atoms with Gasteiger partial charge in [-0.15, -0.1) is 11.8 Å². The Morgan fingerprint density at radius 2 is 1.90 bits per heavy atom. The van der Waals surface area contributed by atoms with Gasteiger partial charge in [-0.2, -0.15) is 0 Å². The van der Waals surface area contributed by atoms with Crippen molar-refractivity contribution < 1.29 is 9.90 Å². The zero-order valence-electron chi connectivity index (χ0n) is 17.7. The lowest BCUT2D eigenvalue weighted by molar-refractivity contribution is 0.0697. The molecule has 29 heavy (non-hydrogen) atoms. The van der Waals surface area contributed by atoms with Gasteiger partial charge in [-0.1, -0.05) is 82.5 Å². The Labute approximate surface area is 179 Å². The summed E-state index contributed by atoms with van der Waals surface area (Å²) in [6.45, 7) is 7.00. The van der Waals surface area contributed by atoms with E-state index in [4.69, 9.17) is 5.11 Å². The molecule has 0 aliphatic carbocycles. The zero-order valence-corrected chi connectivity index (χ0v) is 18.5. The number of thioether (sulfide) groups is 1. The van der Waals surface area contributed by atoms with E-state index in [1.807, 2.05) is 23.9 Å². The molecular weight excluding hydrogens is 376 g/mol. The molecule has 154 valence electrons. The lowest BCUT2D eigenvalue weighted by Crippen LogP contribution is -2.31. The molecule has 2 aromatic rings. The largest absolute Gasteiger partial charge is 0.478 e.